The van der Waals surface area contributed by atoms with Crippen LogP contribution >= 0.6 is 11.3 Å². The van der Waals surface area contributed by atoms with Crippen LogP contribution in [0.5, 0.6) is 0 Å². The van der Waals surface area contributed by atoms with E-state index in [1.807, 2.05) is 0 Å². The SMILES string of the molecule is O=C(O)CC(NC(=O)c1cc2c(s1)CCOC2)c1ccc(F)cc1. The molecule has 2 N–H and O–H groups in total. The lowest BCUT2D eigenvalue weighted by Gasteiger charge is -2.17. The van der Waals surface area contributed by atoms with Crippen molar-refractivity contribution in [2.45, 2.75) is 25.5 Å². The molecule has 1 atom stereocenters. The molecule has 3 rings (SSSR count). The summed E-state index contributed by atoms with van der Waals surface area (Å²) in [6, 6.07) is 6.53. The molecule has 1 unspecified atom stereocenters. The van der Waals surface area contributed by atoms with Gasteiger partial charge in [-0.15, -0.1) is 11.3 Å². The Morgan fingerprint density at radius 2 is 2.08 bits per heavy atom. The van der Waals surface area contributed by atoms with Crippen LogP contribution in [0.4, 0.5) is 4.39 Å². The van der Waals surface area contributed by atoms with Gasteiger partial charge in [0.05, 0.1) is 30.6 Å². The molecular weight excluding hydrogens is 333 g/mol. The molecule has 1 aromatic carbocycles. The molecule has 7 heteroatoms. The molecular formula is C17H16FNO4S. The van der Waals surface area contributed by atoms with Crippen molar-refractivity contribution < 1.29 is 23.8 Å². The molecule has 0 spiro atoms. The highest BCUT2D eigenvalue weighted by atomic mass is 32.1. The van der Waals surface area contributed by atoms with Crippen molar-refractivity contribution in [3.05, 3.63) is 57.0 Å². The lowest BCUT2D eigenvalue weighted by molar-refractivity contribution is -0.137. The minimum atomic E-state index is -1.04. The van der Waals surface area contributed by atoms with Gasteiger partial charge in [0, 0.05) is 11.3 Å². The van der Waals surface area contributed by atoms with E-state index in [4.69, 9.17) is 9.84 Å². The average Bonchev–Trinajstić information content (AvgIpc) is 2.98. The van der Waals surface area contributed by atoms with Gasteiger partial charge in [-0.25, -0.2) is 4.39 Å². The quantitative estimate of drug-likeness (QED) is 0.870. The largest absolute Gasteiger partial charge is 0.481 e. The second kappa shape index (κ2) is 7.11. The summed E-state index contributed by atoms with van der Waals surface area (Å²) < 4.78 is 18.4. The summed E-state index contributed by atoms with van der Waals surface area (Å²) >= 11 is 1.40. The fourth-order valence-electron chi connectivity index (χ4n) is 2.61. The summed E-state index contributed by atoms with van der Waals surface area (Å²) in [5.74, 6) is -1.78. The van der Waals surface area contributed by atoms with E-state index in [1.165, 1.54) is 35.6 Å². The normalized spacial score (nSPS) is 14.7. The highest BCUT2D eigenvalue weighted by Gasteiger charge is 2.22. The number of nitrogens with one attached hydrogen (secondary N) is 1. The number of carboxylic acid groups (broad SMARTS) is 1. The molecule has 0 bridgehead atoms. The zero-order valence-corrected chi connectivity index (χ0v) is 13.6. The molecule has 0 radical (unpaired) electrons. The summed E-state index contributed by atoms with van der Waals surface area (Å²) in [6.45, 7) is 1.14. The smallest absolute Gasteiger partial charge is 0.305 e. The van der Waals surface area contributed by atoms with Gasteiger partial charge in [0.2, 0.25) is 0 Å². The van der Waals surface area contributed by atoms with E-state index in [-0.39, 0.29) is 12.3 Å². The molecule has 5 nitrogen and oxygen atoms in total. The summed E-state index contributed by atoms with van der Waals surface area (Å²) in [4.78, 5) is 25.2. The van der Waals surface area contributed by atoms with Gasteiger partial charge in [-0.3, -0.25) is 9.59 Å². The predicted molar refractivity (Wildman–Crippen MR) is 86.5 cm³/mol. The van der Waals surface area contributed by atoms with Crippen molar-refractivity contribution in [3.63, 3.8) is 0 Å². The van der Waals surface area contributed by atoms with Crippen LogP contribution in [-0.4, -0.2) is 23.6 Å². The molecule has 1 aromatic heterocycles. The van der Waals surface area contributed by atoms with E-state index in [0.29, 0.717) is 23.7 Å². The third kappa shape index (κ3) is 3.80. The van der Waals surface area contributed by atoms with Gasteiger partial charge < -0.3 is 15.2 Å². The second-order valence-electron chi connectivity index (χ2n) is 5.54. The van der Waals surface area contributed by atoms with Crippen LogP contribution in [0.2, 0.25) is 0 Å². The van der Waals surface area contributed by atoms with Gasteiger partial charge in [0.15, 0.2) is 0 Å². The molecule has 1 amide bonds. The predicted octanol–water partition coefficient (Wildman–Crippen LogP) is 2.91. The maximum atomic E-state index is 13.1. The Balaban J connectivity index is 1.78. The van der Waals surface area contributed by atoms with E-state index in [2.05, 4.69) is 5.32 Å². The van der Waals surface area contributed by atoms with Crippen LogP contribution in [0.3, 0.4) is 0 Å². The van der Waals surface area contributed by atoms with E-state index < -0.39 is 17.8 Å². The standard InChI is InChI=1S/C17H16FNO4S/c18-12-3-1-10(2-4-12)13(8-16(20)21)19-17(22)15-7-11-9-23-6-5-14(11)24-15/h1-4,7,13H,5-6,8-9H2,(H,19,22)(H,20,21). The number of thiophene rings is 1. The molecule has 24 heavy (non-hydrogen) atoms. The molecule has 0 aliphatic carbocycles. The Bertz CT molecular complexity index is 733. The molecule has 1 aliphatic rings. The van der Waals surface area contributed by atoms with Crippen molar-refractivity contribution >= 4 is 23.2 Å². The fraction of sp³-hybridized carbons (Fsp3) is 0.294. The van der Waals surface area contributed by atoms with Crippen LogP contribution in [0, 0.1) is 5.82 Å². The Hall–Kier alpha value is -2.25. The fourth-order valence-corrected chi connectivity index (χ4v) is 3.66. The third-order valence-electron chi connectivity index (χ3n) is 3.81. The number of carboxylic acids is 1. The van der Waals surface area contributed by atoms with Gasteiger partial charge >= 0.3 is 5.97 Å². The van der Waals surface area contributed by atoms with E-state index in [1.54, 1.807) is 6.07 Å². The zero-order chi connectivity index (χ0) is 17.1. The molecule has 1 aliphatic heterocycles. The first-order valence-electron chi connectivity index (χ1n) is 7.50. The molecule has 2 aromatic rings. The maximum absolute atomic E-state index is 13.1. The van der Waals surface area contributed by atoms with Crippen molar-refractivity contribution in [1.29, 1.82) is 0 Å². The lowest BCUT2D eigenvalue weighted by atomic mass is 10.0. The van der Waals surface area contributed by atoms with Crippen LogP contribution in [0.15, 0.2) is 30.3 Å². The Morgan fingerprint density at radius 1 is 1.33 bits per heavy atom. The van der Waals surface area contributed by atoms with Gasteiger partial charge in [-0.2, -0.15) is 0 Å². The van der Waals surface area contributed by atoms with Crippen molar-refractivity contribution in [3.8, 4) is 0 Å². The molecule has 0 saturated heterocycles. The zero-order valence-electron chi connectivity index (χ0n) is 12.8. The minimum Gasteiger partial charge on any atom is -0.481 e. The minimum absolute atomic E-state index is 0.272. The number of rotatable bonds is 5. The van der Waals surface area contributed by atoms with Gasteiger partial charge in [0.1, 0.15) is 5.82 Å². The van der Waals surface area contributed by atoms with E-state index in [0.717, 1.165) is 16.9 Å². The molecule has 0 saturated carbocycles. The average molecular weight is 349 g/mol. The lowest BCUT2D eigenvalue weighted by Crippen LogP contribution is -2.29. The number of fused-ring (bicyclic) bond motifs is 1. The van der Waals surface area contributed by atoms with Crippen LogP contribution in [-0.2, 0) is 22.6 Å². The number of halogens is 1. The highest BCUT2D eigenvalue weighted by Crippen LogP contribution is 2.28. The number of benzene rings is 1. The van der Waals surface area contributed by atoms with Crippen LogP contribution in [0.1, 0.15) is 38.1 Å². The number of hydrogen-bond acceptors (Lipinski definition) is 4. The summed E-state index contributed by atoms with van der Waals surface area (Å²) in [5, 5.41) is 11.8. The van der Waals surface area contributed by atoms with Crippen molar-refractivity contribution in [2.24, 2.45) is 0 Å². The Labute approximate surface area is 142 Å². The summed E-state index contributed by atoms with van der Waals surface area (Å²) in [6.07, 6.45) is 0.509. The summed E-state index contributed by atoms with van der Waals surface area (Å²) in [5.41, 5.74) is 1.56. The third-order valence-corrected chi connectivity index (χ3v) is 5.04. The summed E-state index contributed by atoms with van der Waals surface area (Å²) in [7, 11) is 0. The second-order valence-corrected chi connectivity index (χ2v) is 6.67. The van der Waals surface area contributed by atoms with Crippen molar-refractivity contribution in [1.82, 2.24) is 5.32 Å². The highest BCUT2D eigenvalue weighted by molar-refractivity contribution is 7.14. The number of carbonyl (C=O) groups excluding carboxylic acids is 1. The first-order chi connectivity index (χ1) is 11.5. The van der Waals surface area contributed by atoms with Gasteiger partial charge in [-0.1, -0.05) is 12.1 Å². The molecule has 2 heterocycles. The van der Waals surface area contributed by atoms with Crippen molar-refractivity contribution in [2.75, 3.05) is 6.61 Å². The van der Waals surface area contributed by atoms with E-state index in [9.17, 15) is 14.0 Å². The maximum Gasteiger partial charge on any atom is 0.305 e. The van der Waals surface area contributed by atoms with Crippen LogP contribution < -0.4 is 5.32 Å². The topological polar surface area (TPSA) is 75.6 Å². The Kier molecular flexibility index (Phi) is 4.92. The molecule has 0 fully saturated rings. The number of ether oxygens (including phenoxy) is 1. The number of aliphatic carboxylic acids is 1. The number of amides is 1. The monoisotopic (exact) mass is 349 g/mol. The van der Waals surface area contributed by atoms with Gasteiger partial charge in [0.25, 0.3) is 5.91 Å². The number of carbonyl (C=O) groups is 2. The first kappa shape index (κ1) is 16.6. The Morgan fingerprint density at radius 3 is 2.75 bits per heavy atom. The van der Waals surface area contributed by atoms with Crippen LogP contribution in [0.25, 0.3) is 0 Å². The molecule has 126 valence electrons. The number of hydrogen-bond donors (Lipinski definition) is 2. The van der Waals surface area contributed by atoms with Gasteiger partial charge in [-0.05, 0) is 29.3 Å². The van der Waals surface area contributed by atoms with E-state index >= 15 is 0 Å². The first-order valence-corrected chi connectivity index (χ1v) is 8.32.